The van der Waals surface area contributed by atoms with E-state index in [1.807, 2.05) is 30.3 Å². The van der Waals surface area contributed by atoms with Crippen molar-refractivity contribution in [1.82, 2.24) is 5.32 Å². The molecule has 2 atom stereocenters. The Kier molecular flexibility index (Phi) is 6.19. The number of benzene rings is 2. The van der Waals surface area contributed by atoms with Crippen LogP contribution in [-0.4, -0.2) is 30.4 Å². The molecule has 1 N–H and O–H groups in total. The van der Waals surface area contributed by atoms with E-state index >= 15 is 0 Å². The first kappa shape index (κ1) is 20.1. The molecule has 0 aliphatic carbocycles. The van der Waals surface area contributed by atoms with Crippen LogP contribution in [0, 0.1) is 5.82 Å². The third-order valence-corrected chi connectivity index (χ3v) is 4.20. The zero-order chi connectivity index (χ0) is 20.1. The van der Waals surface area contributed by atoms with Gasteiger partial charge in [-0.25, -0.2) is 9.18 Å². The van der Waals surface area contributed by atoms with Gasteiger partial charge in [-0.15, -0.1) is 0 Å². The smallest absolute Gasteiger partial charge is 0.407 e. The lowest BCUT2D eigenvalue weighted by molar-refractivity contribution is 0.0495. The second-order valence-electron chi connectivity index (χ2n) is 7.87. The second-order valence-corrected chi connectivity index (χ2v) is 7.87. The van der Waals surface area contributed by atoms with Gasteiger partial charge in [-0.3, -0.25) is 0 Å². The Morgan fingerprint density at radius 2 is 1.93 bits per heavy atom. The molecule has 2 aromatic rings. The van der Waals surface area contributed by atoms with Gasteiger partial charge in [-0.1, -0.05) is 36.4 Å². The normalized spacial score (nSPS) is 16.9. The average molecular weight is 387 g/mol. The van der Waals surface area contributed by atoms with E-state index in [0.29, 0.717) is 19.6 Å². The lowest BCUT2D eigenvalue weighted by Crippen LogP contribution is -2.43. The Bertz CT molecular complexity index is 800. The fourth-order valence-corrected chi connectivity index (χ4v) is 2.80. The van der Waals surface area contributed by atoms with Gasteiger partial charge in [0.05, 0.1) is 12.6 Å². The van der Waals surface area contributed by atoms with E-state index in [-0.39, 0.29) is 17.9 Å². The van der Waals surface area contributed by atoms with Crippen LogP contribution in [0.25, 0.3) is 0 Å². The van der Waals surface area contributed by atoms with Crippen molar-refractivity contribution in [2.24, 2.45) is 0 Å². The molecule has 1 saturated heterocycles. The standard InChI is InChI=1S/C22H26FNO4/c1-22(2,3)28-21(25)24-18(20-14-27-20)12-16-9-10-19(17(23)11-16)26-13-15-7-5-4-6-8-15/h4-11,18,20H,12-14H2,1-3H3,(H,24,25)/t18?,20-/m1/s1. The topological polar surface area (TPSA) is 60.1 Å². The van der Waals surface area contributed by atoms with E-state index < -0.39 is 17.5 Å². The minimum atomic E-state index is -0.580. The first-order valence-electron chi connectivity index (χ1n) is 9.36. The molecular formula is C22H26FNO4. The summed E-state index contributed by atoms with van der Waals surface area (Å²) in [4.78, 5) is 12.0. The third kappa shape index (κ3) is 6.23. The Morgan fingerprint density at radius 1 is 1.21 bits per heavy atom. The van der Waals surface area contributed by atoms with Crippen LogP contribution in [0.3, 0.4) is 0 Å². The van der Waals surface area contributed by atoms with Crippen molar-refractivity contribution in [2.45, 2.75) is 51.5 Å². The number of epoxide rings is 1. The summed E-state index contributed by atoms with van der Waals surface area (Å²) in [7, 11) is 0. The molecule has 6 heteroatoms. The highest BCUT2D eigenvalue weighted by atomic mass is 19.1. The molecule has 1 aliphatic rings. The molecule has 0 radical (unpaired) electrons. The summed E-state index contributed by atoms with van der Waals surface area (Å²) in [6.45, 7) is 6.29. The predicted molar refractivity (Wildman–Crippen MR) is 104 cm³/mol. The summed E-state index contributed by atoms with van der Waals surface area (Å²) in [5, 5.41) is 2.82. The number of hydrogen-bond donors (Lipinski definition) is 1. The third-order valence-electron chi connectivity index (χ3n) is 4.20. The van der Waals surface area contributed by atoms with Gasteiger partial charge in [0.1, 0.15) is 18.3 Å². The van der Waals surface area contributed by atoms with Crippen molar-refractivity contribution in [3.05, 3.63) is 65.5 Å². The van der Waals surface area contributed by atoms with Crippen LogP contribution in [0.4, 0.5) is 9.18 Å². The number of carbonyl (C=O) groups excluding carboxylic acids is 1. The molecule has 28 heavy (non-hydrogen) atoms. The Morgan fingerprint density at radius 3 is 2.54 bits per heavy atom. The molecule has 0 bridgehead atoms. The highest BCUT2D eigenvalue weighted by Gasteiger charge is 2.35. The van der Waals surface area contributed by atoms with Crippen LogP contribution in [0.1, 0.15) is 31.9 Å². The summed E-state index contributed by atoms with van der Waals surface area (Å²) >= 11 is 0. The average Bonchev–Trinajstić information content (AvgIpc) is 3.45. The number of rotatable bonds is 7. The molecule has 1 heterocycles. The van der Waals surface area contributed by atoms with E-state index in [9.17, 15) is 9.18 Å². The fraction of sp³-hybridized carbons (Fsp3) is 0.409. The fourth-order valence-electron chi connectivity index (χ4n) is 2.80. The number of hydrogen-bond acceptors (Lipinski definition) is 4. The molecule has 0 aromatic heterocycles. The van der Waals surface area contributed by atoms with Crippen molar-refractivity contribution in [3.8, 4) is 5.75 Å². The molecule has 1 aliphatic heterocycles. The molecule has 2 aromatic carbocycles. The monoisotopic (exact) mass is 387 g/mol. The first-order valence-corrected chi connectivity index (χ1v) is 9.36. The zero-order valence-corrected chi connectivity index (χ0v) is 16.4. The quantitative estimate of drug-likeness (QED) is 0.722. The van der Waals surface area contributed by atoms with E-state index in [1.54, 1.807) is 32.9 Å². The van der Waals surface area contributed by atoms with E-state index in [4.69, 9.17) is 14.2 Å². The first-order chi connectivity index (χ1) is 13.3. The van der Waals surface area contributed by atoms with Crippen LogP contribution < -0.4 is 10.1 Å². The Balaban J connectivity index is 1.59. The molecule has 1 unspecified atom stereocenters. The van der Waals surface area contributed by atoms with Crippen LogP contribution >= 0.6 is 0 Å². The summed E-state index contributed by atoms with van der Waals surface area (Å²) in [5.41, 5.74) is 1.14. The number of amides is 1. The van der Waals surface area contributed by atoms with Crippen molar-refractivity contribution in [3.63, 3.8) is 0 Å². The zero-order valence-electron chi connectivity index (χ0n) is 16.4. The van der Waals surface area contributed by atoms with E-state index in [1.165, 1.54) is 6.07 Å². The second kappa shape index (κ2) is 8.61. The number of ether oxygens (including phenoxy) is 3. The molecule has 1 amide bonds. The number of nitrogens with one attached hydrogen (secondary N) is 1. The summed E-state index contributed by atoms with van der Waals surface area (Å²) in [6, 6.07) is 14.2. The highest BCUT2D eigenvalue weighted by molar-refractivity contribution is 5.68. The molecule has 0 spiro atoms. The minimum Gasteiger partial charge on any atom is -0.486 e. The Hall–Kier alpha value is -2.60. The van der Waals surface area contributed by atoms with E-state index in [0.717, 1.165) is 11.1 Å². The van der Waals surface area contributed by atoms with Crippen LogP contribution in [0.5, 0.6) is 5.75 Å². The van der Waals surface area contributed by atoms with Gasteiger partial charge in [0.25, 0.3) is 0 Å². The minimum absolute atomic E-state index is 0.0791. The van der Waals surface area contributed by atoms with Crippen LogP contribution in [-0.2, 0) is 22.5 Å². The van der Waals surface area contributed by atoms with Gasteiger partial charge < -0.3 is 19.5 Å². The Labute approximate surface area is 164 Å². The predicted octanol–water partition coefficient (Wildman–Crippen LogP) is 4.24. The molecule has 150 valence electrons. The highest BCUT2D eigenvalue weighted by Crippen LogP contribution is 2.23. The van der Waals surface area contributed by atoms with Crippen molar-refractivity contribution in [2.75, 3.05) is 6.61 Å². The number of carbonyl (C=O) groups is 1. The van der Waals surface area contributed by atoms with Gasteiger partial charge in [0.2, 0.25) is 0 Å². The SMILES string of the molecule is CC(C)(C)OC(=O)NC(Cc1ccc(OCc2ccccc2)c(F)c1)[C@H]1CO1. The molecule has 3 rings (SSSR count). The number of alkyl carbamates (subject to hydrolysis) is 1. The van der Waals surface area contributed by atoms with Gasteiger partial charge in [0, 0.05) is 0 Å². The van der Waals surface area contributed by atoms with Crippen LogP contribution in [0.2, 0.25) is 0 Å². The van der Waals surface area contributed by atoms with Gasteiger partial charge in [0.15, 0.2) is 11.6 Å². The largest absolute Gasteiger partial charge is 0.486 e. The summed E-state index contributed by atoms with van der Waals surface area (Å²) in [5.74, 6) is -0.229. The maximum atomic E-state index is 14.4. The van der Waals surface area contributed by atoms with Crippen LogP contribution in [0.15, 0.2) is 48.5 Å². The van der Waals surface area contributed by atoms with Crippen molar-refractivity contribution in [1.29, 1.82) is 0 Å². The maximum Gasteiger partial charge on any atom is 0.407 e. The van der Waals surface area contributed by atoms with Gasteiger partial charge in [-0.05, 0) is 50.5 Å². The molecule has 5 nitrogen and oxygen atoms in total. The maximum absolute atomic E-state index is 14.4. The van der Waals surface area contributed by atoms with Crippen molar-refractivity contribution >= 4 is 6.09 Å². The van der Waals surface area contributed by atoms with Gasteiger partial charge >= 0.3 is 6.09 Å². The van der Waals surface area contributed by atoms with E-state index in [2.05, 4.69) is 5.32 Å². The summed E-state index contributed by atoms with van der Waals surface area (Å²) in [6.07, 6.45) is -0.138. The van der Waals surface area contributed by atoms with Gasteiger partial charge in [-0.2, -0.15) is 0 Å². The molecule has 1 fully saturated rings. The summed E-state index contributed by atoms with van der Waals surface area (Å²) < 4.78 is 30.6. The molecule has 0 saturated carbocycles. The number of halogens is 1. The van der Waals surface area contributed by atoms with Crippen molar-refractivity contribution < 1.29 is 23.4 Å². The molecular weight excluding hydrogens is 361 g/mol. The lowest BCUT2D eigenvalue weighted by Gasteiger charge is -2.23. The lowest BCUT2D eigenvalue weighted by atomic mass is 10.0.